The summed E-state index contributed by atoms with van der Waals surface area (Å²) in [6.45, 7) is 11.3. The van der Waals surface area contributed by atoms with Gasteiger partial charge in [-0.3, -0.25) is 4.79 Å². The van der Waals surface area contributed by atoms with Gasteiger partial charge in [-0.2, -0.15) is 5.10 Å². The largest absolute Gasteiger partial charge is 0.444 e. The van der Waals surface area contributed by atoms with E-state index in [1.54, 1.807) is 23.2 Å². The first kappa shape index (κ1) is 27.7. The lowest BCUT2D eigenvalue weighted by molar-refractivity contribution is 0.0203. The second-order valence-corrected chi connectivity index (χ2v) is 11.7. The van der Waals surface area contributed by atoms with E-state index in [4.69, 9.17) is 9.84 Å². The maximum absolute atomic E-state index is 13.9. The van der Waals surface area contributed by atoms with Crippen LogP contribution in [0.5, 0.6) is 0 Å². The molecule has 5 rings (SSSR count). The van der Waals surface area contributed by atoms with E-state index in [0.29, 0.717) is 44.8 Å². The Hall–Kier alpha value is -3.88. The molecule has 0 atom stereocenters. The normalized spacial score (nSPS) is 16.8. The minimum atomic E-state index is -0.544. The van der Waals surface area contributed by atoms with Crippen LogP contribution in [0.1, 0.15) is 61.1 Å². The zero-order chi connectivity index (χ0) is 28.4. The van der Waals surface area contributed by atoms with Gasteiger partial charge in [0, 0.05) is 50.9 Å². The number of nitrogens with zero attached hydrogens (tertiary/aromatic N) is 5. The topological polar surface area (TPSA) is 70.9 Å². The molecule has 0 aliphatic carbocycles. The highest BCUT2D eigenvalue weighted by Crippen LogP contribution is 2.33. The number of hydrogen-bond acceptors (Lipinski definition) is 5. The molecule has 3 aromatic rings. The predicted molar refractivity (Wildman–Crippen MR) is 153 cm³/mol. The molecular formula is C31H38FN5O3. The van der Waals surface area contributed by atoms with E-state index in [2.05, 4.69) is 11.0 Å². The smallest absolute Gasteiger partial charge is 0.410 e. The summed E-state index contributed by atoms with van der Waals surface area (Å²) >= 11 is 0. The Morgan fingerprint density at radius 3 is 2.20 bits per heavy atom. The van der Waals surface area contributed by atoms with E-state index in [9.17, 15) is 14.0 Å². The molecule has 212 valence electrons. The van der Waals surface area contributed by atoms with Crippen LogP contribution in [-0.4, -0.2) is 76.5 Å². The number of carbonyl (C=O) groups is 2. The molecule has 0 spiro atoms. The van der Waals surface area contributed by atoms with Crippen molar-refractivity contribution in [1.29, 1.82) is 0 Å². The molecule has 3 heterocycles. The van der Waals surface area contributed by atoms with Crippen LogP contribution in [-0.2, 0) is 4.74 Å². The molecule has 8 nitrogen and oxygen atoms in total. The summed E-state index contributed by atoms with van der Waals surface area (Å²) in [5, 5.41) is 4.71. The summed E-state index contributed by atoms with van der Waals surface area (Å²) in [6.07, 6.45) is 2.84. The molecule has 2 aliphatic heterocycles. The molecule has 0 radical (unpaired) electrons. The number of likely N-dealkylation sites (tertiary alicyclic amines) is 1. The van der Waals surface area contributed by atoms with E-state index < -0.39 is 5.60 Å². The summed E-state index contributed by atoms with van der Waals surface area (Å²) in [4.78, 5) is 32.4. The number of ether oxygens (including phenoxy) is 1. The van der Waals surface area contributed by atoms with Gasteiger partial charge in [-0.25, -0.2) is 13.9 Å². The number of anilines is 1. The summed E-state index contributed by atoms with van der Waals surface area (Å²) in [6, 6.07) is 14.6. The second kappa shape index (κ2) is 11.3. The average Bonchev–Trinajstić information content (AvgIpc) is 3.38. The van der Waals surface area contributed by atoms with Crippen molar-refractivity contribution in [3.05, 3.63) is 77.4 Å². The van der Waals surface area contributed by atoms with Crippen LogP contribution in [0.2, 0.25) is 0 Å². The third-order valence-corrected chi connectivity index (χ3v) is 7.58. The van der Waals surface area contributed by atoms with Crippen LogP contribution < -0.4 is 4.90 Å². The number of halogens is 1. The molecule has 2 saturated heterocycles. The highest BCUT2D eigenvalue weighted by atomic mass is 19.1. The Labute approximate surface area is 235 Å². The van der Waals surface area contributed by atoms with Gasteiger partial charge in [-0.05, 0) is 82.5 Å². The summed E-state index contributed by atoms with van der Waals surface area (Å²) in [7, 11) is 0. The van der Waals surface area contributed by atoms with Gasteiger partial charge in [0.25, 0.3) is 5.91 Å². The predicted octanol–water partition coefficient (Wildman–Crippen LogP) is 5.40. The number of aryl methyl sites for hydroxylation is 1. The van der Waals surface area contributed by atoms with Gasteiger partial charge in [0.15, 0.2) is 0 Å². The van der Waals surface area contributed by atoms with Crippen molar-refractivity contribution in [2.45, 2.75) is 52.1 Å². The summed E-state index contributed by atoms with van der Waals surface area (Å²) in [5.74, 6) is -0.212. The molecule has 0 unspecified atom stereocenters. The number of hydrogen-bond donors (Lipinski definition) is 0. The fourth-order valence-corrected chi connectivity index (χ4v) is 5.53. The van der Waals surface area contributed by atoms with Gasteiger partial charge in [0.05, 0.1) is 23.1 Å². The van der Waals surface area contributed by atoms with Crippen LogP contribution >= 0.6 is 0 Å². The van der Waals surface area contributed by atoms with Crippen molar-refractivity contribution >= 4 is 17.7 Å². The molecule has 0 bridgehead atoms. The first-order valence-corrected chi connectivity index (χ1v) is 14.0. The van der Waals surface area contributed by atoms with Crippen molar-refractivity contribution in [3.63, 3.8) is 0 Å². The average molecular weight is 548 g/mol. The Kier molecular flexibility index (Phi) is 7.83. The third-order valence-electron chi connectivity index (χ3n) is 7.58. The minimum absolute atomic E-state index is 0.0257. The zero-order valence-corrected chi connectivity index (χ0v) is 23.8. The lowest BCUT2D eigenvalue weighted by atomic mass is 9.90. The van der Waals surface area contributed by atoms with Gasteiger partial charge in [0.1, 0.15) is 11.4 Å². The van der Waals surface area contributed by atoms with Crippen LogP contribution in [0, 0.1) is 12.7 Å². The summed E-state index contributed by atoms with van der Waals surface area (Å²) in [5.41, 5.74) is 3.97. The SMILES string of the molecule is Cc1cccc(-n2ncc(C(=O)N3CCN(c4ccc(F)cc4)CC3)c2C2CCN(C(=O)OC(C)(C)C)CC2)c1. The van der Waals surface area contributed by atoms with E-state index in [1.807, 2.05) is 55.5 Å². The Morgan fingerprint density at radius 1 is 0.900 bits per heavy atom. The molecule has 2 aliphatic rings. The number of aromatic nitrogens is 2. The number of rotatable bonds is 4. The summed E-state index contributed by atoms with van der Waals surface area (Å²) < 4.78 is 20.9. The van der Waals surface area contributed by atoms with Gasteiger partial charge in [-0.15, -0.1) is 0 Å². The van der Waals surface area contributed by atoms with Crippen molar-refractivity contribution in [2.75, 3.05) is 44.2 Å². The molecule has 1 aromatic heterocycles. The molecular weight excluding hydrogens is 509 g/mol. The molecule has 2 amide bonds. The van der Waals surface area contributed by atoms with E-state index in [-0.39, 0.29) is 23.7 Å². The minimum Gasteiger partial charge on any atom is -0.444 e. The number of carbonyl (C=O) groups excluding carboxylic acids is 2. The molecule has 0 N–H and O–H groups in total. The quantitative estimate of drug-likeness (QED) is 0.438. The standard InChI is InChI=1S/C31H38FN5O3/c1-22-6-5-7-26(20-22)37-28(23-12-14-36(15-13-23)30(39)40-31(2,3)4)27(21-33-37)29(38)35-18-16-34(17-19-35)25-10-8-24(32)9-11-25/h5-11,20-21,23H,12-19H2,1-4H3. The highest BCUT2D eigenvalue weighted by molar-refractivity contribution is 5.95. The van der Waals surface area contributed by atoms with Crippen LogP contribution in [0.15, 0.2) is 54.7 Å². The van der Waals surface area contributed by atoms with Gasteiger partial charge >= 0.3 is 6.09 Å². The fourth-order valence-electron chi connectivity index (χ4n) is 5.53. The number of piperidine rings is 1. The molecule has 2 fully saturated rings. The van der Waals surface area contributed by atoms with Gasteiger partial charge < -0.3 is 19.4 Å². The molecule has 9 heteroatoms. The monoisotopic (exact) mass is 547 g/mol. The lowest BCUT2D eigenvalue weighted by Crippen LogP contribution is -2.49. The lowest BCUT2D eigenvalue weighted by Gasteiger charge is -2.37. The number of benzene rings is 2. The van der Waals surface area contributed by atoms with E-state index in [1.165, 1.54) is 12.1 Å². The van der Waals surface area contributed by atoms with Crippen molar-refractivity contribution < 1.29 is 18.7 Å². The van der Waals surface area contributed by atoms with E-state index in [0.717, 1.165) is 35.5 Å². The molecule has 2 aromatic carbocycles. The van der Waals surface area contributed by atoms with Crippen molar-refractivity contribution in [2.24, 2.45) is 0 Å². The van der Waals surface area contributed by atoms with Crippen LogP contribution in [0.3, 0.4) is 0 Å². The Balaban J connectivity index is 1.36. The van der Waals surface area contributed by atoms with Gasteiger partial charge in [0.2, 0.25) is 0 Å². The highest BCUT2D eigenvalue weighted by Gasteiger charge is 2.34. The molecule has 0 saturated carbocycles. The Bertz CT molecular complexity index is 1350. The number of piperazine rings is 1. The van der Waals surface area contributed by atoms with Gasteiger partial charge in [-0.1, -0.05) is 12.1 Å². The fraction of sp³-hybridized carbons (Fsp3) is 0.452. The third kappa shape index (κ3) is 6.13. The zero-order valence-electron chi connectivity index (χ0n) is 23.8. The van der Waals surface area contributed by atoms with Crippen LogP contribution in [0.4, 0.5) is 14.9 Å². The van der Waals surface area contributed by atoms with E-state index >= 15 is 0 Å². The Morgan fingerprint density at radius 2 is 1.57 bits per heavy atom. The first-order chi connectivity index (χ1) is 19.1. The molecule has 40 heavy (non-hydrogen) atoms. The van der Waals surface area contributed by atoms with Crippen molar-refractivity contribution in [1.82, 2.24) is 19.6 Å². The van der Waals surface area contributed by atoms with Crippen molar-refractivity contribution in [3.8, 4) is 5.69 Å². The second-order valence-electron chi connectivity index (χ2n) is 11.7. The number of amides is 2. The maximum atomic E-state index is 13.9. The first-order valence-electron chi connectivity index (χ1n) is 14.0. The van der Waals surface area contributed by atoms with Crippen LogP contribution in [0.25, 0.3) is 5.69 Å². The maximum Gasteiger partial charge on any atom is 0.410 e.